The van der Waals surface area contributed by atoms with Crippen molar-refractivity contribution in [2.45, 2.75) is 170 Å². The third-order valence-corrected chi connectivity index (χ3v) is 21.1. The quantitative estimate of drug-likeness (QED) is 0.0301. The van der Waals surface area contributed by atoms with E-state index in [1.165, 1.54) is 80.7 Å². The number of phenols is 1. The van der Waals surface area contributed by atoms with Gasteiger partial charge in [0.05, 0.1) is 75.1 Å². The number of aliphatic hydroxyl groups is 10. The van der Waals surface area contributed by atoms with Gasteiger partial charge < -0.3 is 113 Å². The molecule has 0 radical (unpaired) electrons. The van der Waals surface area contributed by atoms with Gasteiger partial charge in [-0.25, -0.2) is 4.98 Å². The lowest BCUT2D eigenvalue weighted by Gasteiger charge is -2.42. The zero-order valence-electron chi connectivity index (χ0n) is 59.7. The highest BCUT2D eigenvalue weighted by Crippen LogP contribution is 2.34. The van der Waals surface area contributed by atoms with Gasteiger partial charge in [0.25, 0.3) is 5.91 Å². The number of nitrogens with zero attached hydrogens (tertiary/aromatic N) is 7. The number of carbonyl (C=O) groups excluding carboxylic acids is 7. The van der Waals surface area contributed by atoms with Gasteiger partial charge in [0.2, 0.25) is 35.4 Å². The fourth-order valence-electron chi connectivity index (χ4n) is 13.9. The maximum Gasteiger partial charge on any atom is 0.251 e. The normalized spacial score (nSPS) is 25.9. The van der Waals surface area contributed by atoms with E-state index in [4.69, 9.17) is 9.72 Å². The number of hydrogen-bond acceptors (Lipinski definition) is 27. The molecular formula is C69H104Cl4N14O19S. The van der Waals surface area contributed by atoms with E-state index in [9.17, 15) is 80.1 Å². The maximum atomic E-state index is 15.1. The van der Waals surface area contributed by atoms with Crippen LogP contribution in [0.2, 0.25) is 0 Å². The Morgan fingerprint density at radius 2 is 1.29 bits per heavy atom. The molecule has 598 valence electrons. The van der Waals surface area contributed by atoms with Gasteiger partial charge in [0.1, 0.15) is 58.7 Å². The van der Waals surface area contributed by atoms with Crippen molar-refractivity contribution < 1.29 is 94.5 Å². The first kappa shape index (κ1) is 91.1. The summed E-state index contributed by atoms with van der Waals surface area (Å²) in [5.74, 6) is -7.48. The molecule has 9 rings (SSSR count). The van der Waals surface area contributed by atoms with Crippen LogP contribution in [-0.2, 0) is 35.2 Å². The summed E-state index contributed by atoms with van der Waals surface area (Å²) in [6.07, 6.45) is -4.42. The van der Waals surface area contributed by atoms with Crippen LogP contribution in [0, 0.1) is 11.8 Å². The van der Waals surface area contributed by atoms with Gasteiger partial charge in [-0.15, -0.1) is 59.8 Å². The Bertz CT molecular complexity index is 3490. The Kier molecular flexibility index (Phi) is 36.8. The summed E-state index contributed by atoms with van der Waals surface area (Å²) in [5, 5.41) is 147. The minimum atomic E-state index is -2.14. The predicted octanol–water partition coefficient (Wildman–Crippen LogP) is -2.65. The zero-order chi connectivity index (χ0) is 74.2. The van der Waals surface area contributed by atoms with Gasteiger partial charge in [-0.3, -0.25) is 38.5 Å². The van der Waals surface area contributed by atoms with Crippen molar-refractivity contribution in [3.8, 4) is 32.6 Å². The number of aromatic hydroxyl groups is 1. The molecule has 38 heteroatoms. The van der Waals surface area contributed by atoms with E-state index in [0.717, 1.165) is 60.2 Å². The summed E-state index contributed by atoms with van der Waals surface area (Å²) in [6.45, 7) is 4.99. The number of fused-ring (bicyclic) bond motifs is 2. The smallest absolute Gasteiger partial charge is 0.251 e. The first-order chi connectivity index (χ1) is 49.4. The molecule has 6 heterocycles. The molecule has 33 nitrogen and oxygen atoms in total. The number of β-amino-alcohol motifs (C(OH)–C–C–N with tert-alkyl or cyclic N) is 1. The molecule has 18 N–H and O–H groups in total. The Morgan fingerprint density at radius 1 is 0.682 bits per heavy atom. The van der Waals surface area contributed by atoms with Crippen LogP contribution < -0.4 is 46.9 Å². The average Bonchev–Trinajstić information content (AvgIpc) is 1.68. The monoisotopic (exact) mass is 1600 g/mol. The first-order valence-electron chi connectivity index (χ1n) is 35.4. The van der Waals surface area contributed by atoms with Crippen molar-refractivity contribution in [2.75, 3.05) is 96.8 Å². The Hall–Kier alpha value is -6.52. The Balaban J connectivity index is 0.00000513. The molecule has 2 aromatic heterocycles. The lowest BCUT2D eigenvalue weighted by molar-refractivity contribution is -0.147. The fraction of sp³-hybridized carbons (Fsp3) is 0.623. The third kappa shape index (κ3) is 23.8. The van der Waals surface area contributed by atoms with E-state index in [-0.39, 0.29) is 112 Å². The van der Waals surface area contributed by atoms with E-state index in [1.54, 1.807) is 18.3 Å². The van der Waals surface area contributed by atoms with E-state index in [2.05, 4.69) is 64.1 Å². The summed E-state index contributed by atoms with van der Waals surface area (Å²) in [6, 6.07) is 1.65. The zero-order valence-corrected chi connectivity index (χ0v) is 63.8. The number of rotatable bonds is 25. The number of pyridine rings is 1. The van der Waals surface area contributed by atoms with Crippen molar-refractivity contribution in [2.24, 2.45) is 11.8 Å². The van der Waals surface area contributed by atoms with Crippen molar-refractivity contribution in [3.63, 3.8) is 0 Å². The van der Waals surface area contributed by atoms with Gasteiger partial charge in [-0.2, -0.15) is 0 Å². The van der Waals surface area contributed by atoms with Crippen LogP contribution in [0.25, 0.3) is 21.1 Å². The predicted molar refractivity (Wildman–Crippen MR) is 402 cm³/mol. The second kappa shape index (κ2) is 43.2. The van der Waals surface area contributed by atoms with Crippen LogP contribution >= 0.6 is 61.0 Å². The summed E-state index contributed by atoms with van der Waals surface area (Å²) >= 11 is 1.30. The molecule has 0 bridgehead atoms. The lowest BCUT2D eigenvalue weighted by atomic mass is 9.84. The van der Waals surface area contributed by atoms with Gasteiger partial charge in [0, 0.05) is 106 Å². The van der Waals surface area contributed by atoms with Gasteiger partial charge in [0.15, 0.2) is 11.5 Å². The number of aliphatic hydroxyl groups excluding tert-OH is 10. The molecule has 0 spiro atoms. The van der Waals surface area contributed by atoms with E-state index >= 15 is 9.59 Å². The van der Waals surface area contributed by atoms with Crippen LogP contribution in [0.5, 0.6) is 11.5 Å². The molecule has 4 saturated heterocycles. The molecule has 107 heavy (non-hydrogen) atoms. The van der Waals surface area contributed by atoms with E-state index in [1.807, 2.05) is 12.1 Å². The number of phenolic OH excluding ortho intramolecular Hbond substituents is 1. The van der Waals surface area contributed by atoms with Crippen molar-refractivity contribution >= 4 is 108 Å². The number of hydrogen-bond donors (Lipinski definition) is 18. The van der Waals surface area contributed by atoms with Crippen molar-refractivity contribution in [1.82, 2.24) is 67.1 Å². The van der Waals surface area contributed by atoms with Crippen LogP contribution in [-0.4, -0.2) is 310 Å². The van der Waals surface area contributed by atoms with Crippen LogP contribution in [0.4, 0.5) is 5.82 Å². The molecule has 5 fully saturated rings. The van der Waals surface area contributed by atoms with Gasteiger partial charge in [-0.05, 0) is 93.5 Å². The second-order valence-electron chi connectivity index (χ2n) is 27.5. The number of halogens is 4. The number of benzene rings is 2. The second-order valence-corrected chi connectivity index (χ2v) is 28.4. The third-order valence-electron chi connectivity index (χ3n) is 20.1. The molecule has 5 aliphatic rings. The highest BCUT2D eigenvalue weighted by molar-refractivity contribution is 7.17. The first-order valence-corrected chi connectivity index (χ1v) is 36.2. The molecular weight excluding hydrogens is 1500 g/mol. The number of amides is 7. The molecule has 13 atom stereocenters. The van der Waals surface area contributed by atoms with Crippen LogP contribution in [0.15, 0.2) is 60.8 Å². The molecule has 4 aliphatic heterocycles. The number of carbonyl (C=O) groups is 7. The topological polar surface area (TPSA) is 487 Å². The highest BCUT2D eigenvalue weighted by Gasteiger charge is 2.50. The summed E-state index contributed by atoms with van der Waals surface area (Å²) in [4.78, 5) is 114. The van der Waals surface area contributed by atoms with E-state index in [0.29, 0.717) is 21.6 Å². The van der Waals surface area contributed by atoms with Crippen LogP contribution in [0.3, 0.4) is 0 Å². The minimum Gasteiger partial charge on any atom is -0.504 e. The lowest BCUT2D eigenvalue weighted by Crippen LogP contribution is -2.64. The molecule has 7 amide bonds. The number of piperazine rings is 1. The highest BCUT2D eigenvalue weighted by atomic mass is 35.5. The van der Waals surface area contributed by atoms with Crippen molar-refractivity contribution in [3.05, 3.63) is 71.9 Å². The minimum absolute atomic E-state index is 0. The standard InChI is InChI=1S/C69H100N14O19S.4ClH/c1-4-39-5-13-46(14-6-39)80-20-22-81(23-21-80)55-16-12-43(29-72-55)67-79-78-66(103-67)42-10-8-41(9-11-42)61(95)74-49-27-47(89)30-73-65(99)59-60(94)37(2)31-83(59)69(101)58(52(92)17-18-70-44(33-84)34-85)77-64(98)57(53(93)25-40-7-15-51(91)54(26-40)102-24-19-71-45(35-86)36-87)76-63(97)50-28-48(90)32-82(50)68(100)56(38(3)88)75-62(49)96;;;;/h7-12,15-16,26,29,37-39,44-50,52-53,56-60,70-71,84-94H,4-6,13-14,17-25,27-28,30-36H2,1-3H3,(H,73,99)(H,74,95)(H,75,96)(H,76,97)(H,77,98);4*1H/t37-,38+,39?,46?,47+,48+,49-,50-,52+,53+,56-,57-,58-,59-,60-;;;;/m0..../s1. The fourth-order valence-corrected chi connectivity index (χ4v) is 14.7. The SMILES string of the molecule is CCC1CCC(N2CCN(c3ccc(-c4nnc(-c5ccc(C(=O)N[C@H]6C[C@@H](O)CNC(=O)[C@@H]7[C@@H](O)[C@@H](C)CN7C(=O)[C@H]([C@H](O)CCNC(CO)CO)NC(=O)[C@H]([C@H](O)Cc7ccc(O)c(OCCNC(CO)CO)c7)NC(=O)[C@@H]7C[C@@H](O)CN7C(=O)[C@H]([C@@H](C)O)NC6=O)cc5)s4)cn3)CC2)CC1.Cl.Cl.Cl.Cl. The average molecular weight is 1610 g/mol. The summed E-state index contributed by atoms with van der Waals surface area (Å²) in [5.41, 5.74) is 1.55. The largest absolute Gasteiger partial charge is 0.504 e. The van der Waals surface area contributed by atoms with Gasteiger partial charge >= 0.3 is 0 Å². The number of aromatic nitrogens is 3. The number of nitrogens with one attached hydrogen (secondary N) is 7. The summed E-state index contributed by atoms with van der Waals surface area (Å²) < 4.78 is 5.73. The van der Waals surface area contributed by atoms with Crippen molar-refractivity contribution in [1.29, 1.82) is 0 Å². The molecule has 2 aromatic carbocycles. The molecule has 4 aromatic rings. The number of anilines is 1. The van der Waals surface area contributed by atoms with Crippen LogP contribution in [0.1, 0.15) is 88.1 Å². The maximum absolute atomic E-state index is 15.1. The molecule has 0 unspecified atom stereocenters. The molecule has 1 aliphatic carbocycles. The van der Waals surface area contributed by atoms with E-state index < -0.39 is 184 Å². The summed E-state index contributed by atoms with van der Waals surface area (Å²) in [7, 11) is 0. The Morgan fingerprint density at radius 3 is 1.91 bits per heavy atom. The molecule has 1 saturated carbocycles. The Labute approximate surface area is 649 Å². The van der Waals surface area contributed by atoms with Gasteiger partial charge in [-0.1, -0.05) is 49.8 Å². The number of ether oxygens (including phenoxy) is 1.